The van der Waals surface area contributed by atoms with E-state index in [1.165, 1.54) is 12.1 Å². The summed E-state index contributed by atoms with van der Waals surface area (Å²) in [6.07, 6.45) is -1.83. The normalized spacial score (nSPS) is 17.2. The van der Waals surface area contributed by atoms with Crippen molar-refractivity contribution in [2.45, 2.75) is 31.1 Å². The van der Waals surface area contributed by atoms with Crippen molar-refractivity contribution in [3.05, 3.63) is 53.9 Å². The van der Waals surface area contributed by atoms with Gasteiger partial charge in [0.1, 0.15) is 17.3 Å². The van der Waals surface area contributed by atoms with Gasteiger partial charge in [0.25, 0.3) is 5.91 Å². The van der Waals surface area contributed by atoms with E-state index in [1.807, 2.05) is 4.90 Å². The third-order valence-electron chi connectivity index (χ3n) is 6.55. The number of halogens is 4. The van der Waals surface area contributed by atoms with Crippen molar-refractivity contribution in [3.8, 4) is 11.4 Å². The summed E-state index contributed by atoms with van der Waals surface area (Å²) in [6.45, 7) is 2.88. The number of hydrogen-bond acceptors (Lipinski definition) is 6. The van der Waals surface area contributed by atoms with Gasteiger partial charge in [-0.3, -0.25) is 14.4 Å². The zero-order valence-corrected chi connectivity index (χ0v) is 20.1. The molecule has 1 aromatic carbocycles. The topological polar surface area (TPSA) is 109 Å². The molecule has 0 bridgehead atoms. The number of carboxylic acid groups (broad SMARTS) is 1. The van der Waals surface area contributed by atoms with Crippen LogP contribution in [0.4, 0.5) is 17.6 Å². The first-order valence-electron chi connectivity index (χ1n) is 11.4. The van der Waals surface area contributed by atoms with Crippen molar-refractivity contribution < 1.29 is 32.3 Å². The molecule has 0 unspecified atom stereocenters. The van der Waals surface area contributed by atoms with Crippen LogP contribution < -0.4 is 0 Å². The van der Waals surface area contributed by atoms with Crippen LogP contribution in [0.25, 0.3) is 11.4 Å². The summed E-state index contributed by atoms with van der Waals surface area (Å²) < 4.78 is 49.0. The minimum absolute atomic E-state index is 0.0109. The van der Waals surface area contributed by atoms with Gasteiger partial charge >= 0.3 is 12.1 Å². The zero-order chi connectivity index (χ0) is 27.0. The molecule has 2 aromatic heterocycles. The van der Waals surface area contributed by atoms with Crippen LogP contribution in [0, 0.1) is 5.82 Å². The second kappa shape index (κ2) is 9.92. The van der Waals surface area contributed by atoms with Crippen molar-refractivity contribution in [1.29, 1.82) is 0 Å². The number of aliphatic carboxylic acids is 1. The number of piperidine rings is 1. The lowest BCUT2D eigenvalue weighted by Crippen LogP contribution is -2.56. The van der Waals surface area contributed by atoms with E-state index < -0.39 is 12.1 Å². The fourth-order valence-corrected chi connectivity index (χ4v) is 4.83. The number of hydrogen-bond donors (Lipinski definition) is 1. The zero-order valence-electron chi connectivity index (χ0n) is 20.1. The minimum Gasteiger partial charge on any atom is -0.475 e. The Hall–Kier alpha value is -3.81. The van der Waals surface area contributed by atoms with Crippen LogP contribution in [-0.2, 0) is 23.9 Å². The van der Waals surface area contributed by atoms with E-state index in [2.05, 4.69) is 31.8 Å². The maximum absolute atomic E-state index is 13.4. The Morgan fingerprint density at radius 3 is 2.19 bits per heavy atom. The van der Waals surface area contributed by atoms with Gasteiger partial charge in [-0.05, 0) is 50.2 Å². The molecule has 0 atom stereocenters. The molecular weight excluding hydrogens is 498 g/mol. The summed E-state index contributed by atoms with van der Waals surface area (Å²) in [5, 5.41) is 20.1. The molecule has 0 saturated carbocycles. The van der Waals surface area contributed by atoms with Crippen LogP contribution in [-0.4, -0.2) is 84.2 Å². The van der Waals surface area contributed by atoms with E-state index in [0.29, 0.717) is 25.3 Å². The van der Waals surface area contributed by atoms with Gasteiger partial charge < -0.3 is 14.6 Å². The number of likely N-dealkylation sites (N-methyl/N-ethyl adjacent to an activating group) is 1. The molecular formula is C23H25F4N7O3. The van der Waals surface area contributed by atoms with Crippen LogP contribution in [0.3, 0.4) is 0 Å². The van der Waals surface area contributed by atoms with E-state index in [-0.39, 0.29) is 17.3 Å². The Bertz CT molecular complexity index is 1280. The lowest BCUT2D eigenvalue weighted by molar-refractivity contribution is -0.192. The first kappa shape index (κ1) is 26.3. The third-order valence-corrected chi connectivity index (χ3v) is 6.55. The average molecular weight is 523 g/mol. The summed E-state index contributed by atoms with van der Waals surface area (Å²) in [6, 6.07) is 8.16. The van der Waals surface area contributed by atoms with Gasteiger partial charge in [0, 0.05) is 38.4 Å². The van der Waals surface area contributed by atoms with Crippen molar-refractivity contribution in [1.82, 2.24) is 34.3 Å². The summed E-state index contributed by atoms with van der Waals surface area (Å²) in [4.78, 5) is 26.0. The summed E-state index contributed by atoms with van der Waals surface area (Å²) in [5.41, 5.74) is 1.26. The predicted octanol–water partition coefficient (Wildman–Crippen LogP) is 2.53. The van der Waals surface area contributed by atoms with Crippen molar-refractivity contribution >= 4 is 11.9 Å². The molecule has 1 spiro atoms. The molecule has 1 fully saturated rings. The largest absolute Gasteiger partial charge is 0.490 e. The molecule has 4 heterocycles. The van der Waals surface area contributed by atoms with Gasteiger partial charge in [0.2, 0.25) is 0 Å². The molecule has 14 heteroatoms. The molecule has 198 valence electrons. The molecule has 0 radical (unpaired) electrons. The van der Waals surface area contributed by atoms with Gasteiger partial charge in [-0.15, -0.1) is 10.2 Å². The number of carbonyl (C=O) groups excluding carboxylic acids is 1. The highest BCUT2D eigenvalue weighted by Crippen LogP contribution is 2.39. The van der Waals surface area contributed by atoms with Crippen molar-refractivity contribution in [2.75, 3.05) is 26.7 Å². The number of alkyl halides is 3. The predicted molar refractivity (Wildman–Crippen MR) is 122 cm³/mol. The molecule has 10 nitrogen and oxygen atoms in total. The monoisotopic (exact) mass is 523 g/mol. The first-order valence-corrected chi connectivity index (χ1v) is 11.4. The molecule has 37 heavy (non-hydrogen) atoms. The number of likely N-dealkylation sites (tertiary alicyclic amines) is 1. The molecule has 5 rings (SSSR count). The van der Waals surface area contributed by atoms with Gasteiger partial charge in [-0.2, -0.15) is 18.3 Å². The Morgan fingerprint density at radius 1 is 1.03 bits per heavy atom. The fraction of sp³-hybridized carbons (Fsp3) is 0.435. The van der Waals surface area contributed by atoms with Crippen LogP contribution in [0.15, 0.2) is 36.5 Å². The number of nitrogens with zero attached hydrogens (tertiary/aromatic N) is 7. The second-order valence-electron chi connectivity index (χ2n) is 9.11. The summed E-state index contributed by atoms with van der Waals surface area (Å²) in [5.74, 6) is -1.34. The fourth-order valence-electron chi connectivity index (χ4n) is 4.83. The Morgan fingerprint density at radius 2 is 1.65 bits per heavy atom. The molecule has 2 aliphatic heterocycles. The van der Waals surface area contributed by atoms with Gasteiger partial charge in [0.15, 0.2) is 5.82 Å². The molecule has 0 aliphatic carbocycles. The summed E-state index contributed by atoms with van der Waals surface area (Å²) in [7, 11) is 3.87. The maximum atomic E-state index is 13.4. The summed E-state index contributed by atoms with van der Waals surface area (Å²) >= 11 is 0. The maximum Gasteiger partial charge on any atom is 0.490 e. The van der Waals surface area contributed by atoms with Gasteiger partial charge in [-0.1, -0.05) is 0 Å². The van der Waals surface area contributed by atoms with E-state index in [0.717, 1.165) is 36.6 Å². The number of amides is 1. The molecule has 1 amide bonds. The highest BCUT2D eigenvalue weighted by Gasteiger charge is 2.44. The van der Waals surface area contributed by atoms with E-state index in [4.69, 9.17) is 9.90 Å². The van der Waals surface area contributed by atoms with Crippen LogP contribution in [0.2, 0.25) is 0 Å². The quantitative estimate of drug-likeness (QED) is 0.514. The van der Waals surface area contributed by atoms with Crippen molar-refractivity contribution in [2.24, 2.45) is 7.05 Å². The Labute approximate surface area is 209 Å². The SMILES string of the molecule is CN1Cc2nnc(-c3ccc(F)cc3)n2C2(CCN(C(=O)c3ccnn3C)CC2)C1.O=C(O)C(F)(F)F. The standard InChI is InChI=1S/C21H24FN7O.C2HF3O2/c1-26-13-18-24-25-19(15-3-5-16(22)6-4-15)29(18)21(14-26)8-11-28(12-9-21)20(30)17-7-10-23-27(17)2;3-2(4,5)1(6)7/h3-7,10H,8-9,11-14H2,1-2H3;(H,6,7). The smallest absolute Gasteiger partial charge is 0.475 e. The molecule has 1 saturated heterocycles. The lowest BCUT2D eigenvalue weighted by atomic mass is 9.84. The Kier molecular flexibility index (Phi) is 7.04. The highest BCUT2D eigenvalue weighted by atomic mass is 19.4. The molecule has 1 N–H and O–H groups in total. The second-order valence-corrected chi connectivity index (χ2v) is 9.11. The van der Waals surface area contributed by atoms with Gasteiger partial charge in [0.05, 0.1) is 12.1 Å². The van der Waals surface area contributed by atoms with Gasteiger partial charge in [-0.25, -0.2) is 9.18 Å². The molecule has 3 aromatic rings. The van der Waals surface area contributed by atoms with Crippen molar-refractivity contribution in [3.63, 3.8) is 0 Å². The number of rotatable bonds is 2. The van der Waals surface area contributed by atoms with E-state index in [1.54, 1.807) is 36.1 Å². The third kappa shape index (κ3) is 5.33. The average Bonchev–Trinajstić information content (AvgIpc) is 3.46. The minimum atomic E-state index is -5.08. The lowest BCUT2D eigenvalue weighted by Gasteiger charge is -2.48. The number of carboxylic acids is 1. The number of benzene rings is 1. The first-order chi connectivity index (χ1) is 17.4. The number of aromatic nitrogens is 5. The molecule has 2 aliphatic rings. The number of carbonyl (C=O) groups is 2. The van der Waals surface area contributed by atoms with E-state index in [9.17, 15) is 22.4 Å². The van der Waals surface area contributed by atoms with Crippen LogP contribution in [0.1, 0.15) is 29.2 Å². The number of fused-ring (bicyclic) bond motifs is 2. The highest BCUT2D eigenvalue weighted by molar-refractivity contribution is 5.92. The Balaban J connectivity index is 0.000000405. The van der Waals surface area contributed by atoms with Crippen LogP contribution >= 0.6 is 0 Å². The number of aryl methyl sites for hydroxylation is 1. The van der Waals surface area contributed by atoms with Crippen LogP contribution in [0.5, 0.6) is 0 Å². The van der Waals surface area contributed by atoms with E-state index >= 15 is 0 Å².